The lowest BCUT2D eigenvalue weighted by atomic mass is 10.1. The number of rotatable bonds is 8. The molecule has 3 aromatic rings. The summed E-state index contributed by atoms with van der Waals surface area (Å²) in [5.41, 5.74) is 3.08. The van der Waals surface area contributed by atoms with Crippen LogP contribution in [-0.2, 0) is 0 Å². The number of aromatic nitrogens is 1. The average Bonchev–Trinajstić information content (AvgIpc) is 3.20. The fourth-order valence-electron chi connectivity index (χ4n) is 2.89. The highest BCUT2D eigenvalue weighted by Crippen LogP contribution is 2.41. The van der Waals surface area contributed by atoms with E-state index in [4.69, 9.17) is 14.2 Å². The highest BCUT2D eigenvalue weighted by atomic mass is 32.1. The fourth-order valence-corrected chi connectivity index (χ4v) is 3.73. The maximum absolute atomic E-state index is 9.77. The summed E-state index contributed by atoms with van der Waals surface area (Å²) in [6.45, 7) is 6.28. The summed E-state index contributed by atoms with van der Waals surface area (Å²) in [5, 5.41) is 25.8. The number of benzene rings is 2. The van der Waals surface area contributed by atoms with E-state index in [2.05, 4.69) is 16.7 Å². The Kier molecular flexibility index (Phi) is 7.21. The Morgan fingerprint density at radius 2 is 1.75 bits per heavy atom. The first kappa shape index (κ1) is 23.0. The molecule has 2 aromatic carbocycles. The molecule has 0 saturated heterocycles. The molecule has 0 bridgehead atoms. The molecular weight excluding hydrogens is 430 g/mol. The zero-order chi connectivity index (χ0) is 23.3. The van der Waals surface area contributed by atoms with E-state index in [0.717, 1.165) is 16.8 Å². The molecule has 0 amide bonds. The van der Waals surface area contributed by atoms with E-state index in [9.17, 15) is 10.2 Å². The topological polar surface area (TPSA) is 97.8 Å². The monoisotopic (exact) mass is 455 g/mol. The van der Waals surface area contributed by atoms with Crippen LogP contribution in [-0.4, -0.2) is 49.0 Å². The zero-order valence-corrected chi connectivity index (χ0v) is 19.1. The van der Waals surface area contributed by atoms with Crippen LogP contribution >= 0.6 is 11.3 Å². The van der Waals surface area contributed by atoms with Crippen LogP contribution < -0.4 is 19.0 Å². The molecule has 1 aromatic heterocycles. The number of ether oxygens (including phenoxy) is 3. The van der Waals surface area contributed by atoms with Gasteiger partial charge in [0.05, 0.1) is 39.8 Å². The van der Waals surface area contributed by atoms with Crippen molar-refractivity contribution in [3.05, 3.63) is 58.2 Å². The smallest absolute Gasteiger partial charge is 0.206 e. The molecule has 8 nitrogen and oxygen atoms in total. The number of phenolic OH excluding ortho intramolecular Hbond substituents is 2. The molecule has 2 N–H and O–H groups in total. The highest BCUT2D eigenvalue weighted by molar-refractivity contribution is 7.07. The molecule has 1 heterocycles. The number of aromatic hydroxyl groups is 2. The van der Waals surface area contributed by atoms with Crippen molar-refractivity contribution in [3.8, 4) is 40.0 Å². The Hall–Kier alpha value is -3.72. The van der Waals surface area contributed by atoms with Crippen molar-refractivity contribution in [2.45, 2.75) is 6.92 Å². The third-order valence-electron chi connectivity index (χ3n) is 4.45. The maximum atomic E-state index is 9.77. The number of hydrogen-bond donors (Lipinski definition) is 2. The third kappa shape index (κ3) is 4.94. The summed E-state index contributed by atoms with van der Waals surface area (Å²) < 4.78 is 18.1. The SMILES string of the molecule is C=C(C)CN=c1scc(-c2cc(OC)c(OC)c(OC)c2)n1N=Cc1ccc(O)c(O)c1. The Labute approximate surface area is 190 Å². The Bertz CT molecular complexity index is 1200. The molecule has 0 spiro atoms. The van der Waals surface area contributed by atoms with Gasteiger partial charge in [-0.1, -0.05) is 12.2 Å². The molecule has 3 rings (SSSR count). The number of phenols is 2. The van der Waals surface area contributed by atoms with E-state index in [1.807, 2.05) is 24.4 Å². The molecule has 0 unspecified atom stereocenters. The van der Waals surface area contributed by atoms with Crippen LogP contribution in [0.3, 0.4) is 0 Å². The largest absolute Gasteiger partial charge is 0.504 e. The summed E-state index contributed by atoms with van der Waals surface area (Å²) >= 11 is 1.43. The molecule has 9 heteroatoms. The van der Waals surface area contributed by atoms with Crippen molar-refractivity contribution in [3.63, 3.8) is 0 Å². The molecule has 0 aliphatic carbocycles. The number of thiazole rings is 1. The Morgan fingerprint density at radius 1 is 1.06 bits per heavy atom. The van der Waals surface area contributed by atoms with Crippen LogP contribution in [0.1, 0.15) is 12.5 Å². The van der Waals surface area contributed by atoms with Crippen molar-refractivity contribution in [1.82, 2.24) is 4.68 Å². The van der Waals surface area contributed by atoms with Gasteiger partial charge in [-0.2, -0.15) is 5.10 Å². The Balaban J connectivity index is 2.17. The van der Waals surface area contributed by atoms with Gasteiger partial charge in [0, 0.05) is 10.9 Å². The highest BCUT2D eigenvalue weighted by Gasteiger charge is 2.17. The minimum Gasteiger partial charge on any atom is -0.504 e. The van der Waals surface area contributed by atoms with Crippen LogP contribution in [0, 0.1) is 0 Å². The molecule has 0 radical (unpaired) electrons. The van der Waals surface area contributed by atoms with Crippen molar-refractivity contribution >= 4 is 17.6 Å². The van der Waals surface area contributed by atoms with Gasteiger partial charge in [0.1, 0.15) is 0 Å². The predicted octanol–water partition coefficient (Wildman–Crippen LogP) is 4.01. The van der Waals surface area contributed by atoms with Crippen molar-refractivity contribution in [2.24, 2.45) is 10.1 Å². The van der Waals surface area contributed by atoms with Crippen LogP contribution in [0.4, 0.5) is 0 Å². The van der Waals surface area contributed by atoms with E-state index in [1.165, 1.54) is 23.5 Å². The molecule has 0 fully saturated rings. The fraction of sp³-hybridized carbons (Fsp3) is 0.217. The first-order valence-electron chi connectivity index (χ1n) is 9.60. The minimum absolute atomic E-state index is 0.194. The predicted molar refractivity (Wildman–Crippen MR) is 125 cm³/mol. The summed E-state index contributed by atoms with van der Waals surface area (Å²) in [6, 6.07) is 8.15. The summed E-state index contributed by atoms with van der Waals surface area (Å²) in [7, 11) is 4.68. The van der Waals surface area contributed by atoms with Gasteiger partial charge in [0.2, 0.25) is 10.6 Å². The van der Waals surface area contributed by atoms with E-state index in [-0.39, 0.29) is 11.5 Å². The van der Waals surface area contributed by atoms with E-state index < -0.39 is 0 Å². The first-order valence-corrected chi connectivity index (χ1v) is 10.5. The van der Waals surface area contributed by atoms with Gasteiger partial charge in [-0.25, -0.2) is 4.68 Å². The van der Waals surface area contributed by atoms with Crippen molar-refractivity contribution in [2.75, 3.05) is 27.9 Å². The number of nitrogens with zero attached hydrogens (tertiary/aromatic N) is 3. The van der Waals surface area contributed by atoms with Crippen molar-refractivity contribution < 1.29 is 24.4 Å². The van der Waals surface area contributed by atoms with Gasteiger partial charge in [0.15, 0.2) is 23.0 Å². The summed E-state index contributed by atoms with van der Waals surface area (Å²) in [6.07, 6.45) is 1.58. The van der Waals surface area contributed by atoms with E-state index in [0.29, 0.717) is 34.2 Å². The van der Waals surface area contributed by atoms with Crippen LogP contribution in [0.15, 0.2) is 58.0 Å². The summed E-state index contributed by atoms with van der Waals surface area (Å²) in [5.74, 6) is 1.12. The Morgan fingerprint density at radius 3 is 2.31 bits per heavy atom. The molecule has 0 saturated carbocycles. The lowest BCUT2D eigenvalue weighted by molar-refractivity contribution is 0.324. The van der Waals surface area contributed by atoms with Crippen LogP contribution in [0.25, 0.3) is 11.3 Å². The van der Waals surface area contributed by atoms with Gasteiger partial charge < -0.3 is 24.4 Å². The van der Waals surface area contributed by atoms with Crippen LogP contribution in [0.2, 0.25) is 0 Å². The quantitative estimate of drug-likeness (QED) is 0.304. The standard InChI is InChI=1S/C23H25N3O5S/c1-14(2)11-24-23-26(25-12-15-6-7-18(27)19(28)8-15)17(13-32-23)16-9-20(29-3)22(31-5)21(10-16)30-4/h6-10,12-13,27-28H,1,11H2,2-5H3. The van der Waals surface area contributed by atoms with Crippen LogP contribution in [0.5, 0.6) is 28.7 Å². The zero-order valence-electron chi connectivity index (χ0n) is 18.3. The van der Waals surface area contributed by atoms with Gasteiger partial charge in [-0.3, -0.25) is 4.99 Å². The molecular formula is C23H25N3O5S. The van der Waals surface area contributed by atoms with Gasteiger partial charge in [-0.05, 0) is 42.8 Å². The minimum atomic E-state index is -0.221. The van der Waals surface area contributed by atoms with Crippen molar-refractivity contribution in [1.29, 1.82) is 0 Å². The second-order valence-electron chi connectivity index (χ2n) is 6.90. The molecule has 168 valence electrons. The second-order valence-corrected chi connectivity index (χ2v) is 7.73. The van der Waals surface area contributed by atoms with Gasteiger partial charge in [-0.15, -0.1) is 11.3 Å². The van der Waals surface area contributed by atoms with E-state index in [1.54, 1.807) is 38.3 Å². The average molecular weight is 456 g/mol. The lowest BCUT2D eigenvalue weighted by Gasteiger charge is -2.14. The second kappa shape index (κ2) is 10.1. The van der Waals surface area contributed by atoms with Gasteiger partial charge >= 0.3 is 0 Å². The summed E-state index contributed by atoms with van der Waals surface area (Å²) in [4.78, 5) is 5.27. The van der Waals surface area contributed by atoms with Gasteiger partial charge in [0.25, 0.3) is 0 Å². The van der Waals surface area contributed by atoms with E-state index >= 15 is 0 Å². The first-order chi connectivity index (χ1) is 15.4. The normalized spacial score (nSPS) is 11.7. The third-order valence-corrected chi connectivity index (χ3v) is 5.31. The number of methoxy groups -OCH3 is 3. The molecule has 32 heavy (non-hydrogen) atoms. The molecule has 0 atom stereocenters. The molecule has 0 aliphatic heterocycles. The molecule has 0 aliphatic rings. The maximum Gasteiger partial charge on any atom is 0.206 e. The lowest BCUT2D eigenvalue weighted by Crippen LogP contribution is -2.13. The number of hydrogen-bond acceptors (Lipinski definition) is 8.